The summed E-state index contributed by atoms with van der Waals surface area (Å²) in [5.74, 6) is 0.180. The molecule has 110 valence electrons. The summed E-state index contributed by atoms with van der Waals surface area (Å²) in [6, 6.07) is 16.3. The molecule has 0 unspecified atom stereocenters. The Bertz CT molecular complexity index is 772. The minimum absolute atomic E-state index is 0.334. The van der Waals surface area contributed by atoms with Crippen molar-refractivity contribution in [2.45, 2.75) is 0 Å². The fourth-order valence-electron chi connectivity index (χ4n) is 1.77. The number of carbonyl (C=O) groups excluding carboxylic acids is 1. The number of halogens is 1. The van der Waals surface area contributed by atoms with Gasteiger partial charge in [-0.2, -0.15) is 5.48 Å². The third-order valence-corrected chi connectivity index (χ3v) is 3.94. The Morgan fingerprint density at radius 2 is 1.82 bits per heavy atom. The van der Waals surface area contributed by atoms with Gasteiger partial charge in [-0.15, -0.1) is 11.3 Å². The maximum Gasteiger partial charge on any atom is 0.312 e. The quantitative estimate of drug-likeness (QED) is 0.730. The van der Waals surface area contributed by atoms with Crippen LogP contribution in [-0.4, -0.2) is 10.9 Å². The predicted octanol–water partition coefficient (Wildman–Crippen LogP) is 4.19. The first-order chi connectivity index (χ1) is 10.7. The van der Waals surface area contributed by atoms with E-state index in [2.05, 4.69) is 10.5 Å². The van der Waals surface area contributed by atoms with E-state index in [1.165, 1.54) is 11.3 Å². The summed E-state index contributed by atoms with van der Waals surface area (Å²) < 4.78 is 0. The highest BCUT2D eigenvalue weighted by Crippen LogP contribution is 2.23. The van der Waals surface area contributed by atoms with Gasteiger partial charge >= 0.3 is 5.91 Å². The molecule has 0 fully saturated rings. The van der Waals surface area contributed by atoms with Crippen molar-refractivity contribution in [1.82, 2.24) is 10.5 Å². The van der Waals surface area contributed by atoms with Crippen LogP contribution in [0, 0.1) is 0 Å². The van der Waals surface area contributed by atoms with Gasteiger partial charge in [0, 0.05) is 16.0 Å². The second-order valence-corrected chi connectivity index (χ2v) is 5.69. The molecule has 0 spiro atoms. The number of para-hydroxylation sites is 1. The number of thiazole rings is 1. The average Bonchev–Trinajstić information content (AvgIpc) is 3.04. The monoisotopic (exact) mass is 330 g/mol. The minimum Gasteiger partial charge on any atom is -0.379 e. The van der Waals surface area contributed by atoms with Crippen LogP contribution < -0.4 is 10.3 Å². The fraction of sp³-hybridized carbons (Fsp3) is 0. The van der Waals surface area contributed by atoms with E-state index in [0.29, 0.717) is 15.8 Å². The molecule has 6 heteroatoms. The molecule has 4 nitrogen and oxygen atoms in total. The van der Waals surface area contributed by atoms with Crippen molar-refractivity contribution in [2.24, 2.45) is 0 Å². The number of aromatic nitrogens is 1. The number of hydrogen-bond acceptors (Lipinski definition) is 4. The number of rotatable bonds is 4. The topological polar surface area (TPSA) is 51.2 Å². The second kappa shape index (κ2) is 6.60. The van der Waals surface area contributed by atoms with E-state index < -0.39 is 0 Å². The average molecular weight is 331 g/mol. The molecule has 0 radical (unpaired) electrons. The van der Waals surface area contributed by atoms with Gasteiger partial charge in [-0.3, -0.25) is 4.79 Å². The first-order valence-corrected chi connectivity index (χ1v) is 7.72. The number of carbonyl (C=O) groups is 1. The molecule has 0 saturated heterocycles. The zero-order chi connectivity index (χ0) is 15.4. The number of hydroxylamine groups is 1. The van der Waals surface area contributed by atoms with E-state index in [-0.39, 0.29) is 5.91 Å². The van der Waals surface area contributed by atoms with Crippen LogP contribution in [0.5, 0.6) is 5.75 Å². The molecule has 0 aliphatic heterocycles. The van der Waals surface area contributed by atoms with E-state index >= 15 is 0 Å². The molecule has 0 aliphatic carbocycles. The zero-order valence-electron chi connectivity index (χ0n) is 11.3. The van der Waals surface area contributed by atoms with Crippen LogP contribution in [-0.2, 0) is 0 Å². The first-order valence-electron chi connectivity index (χ1n) is 6.46. The summed E-state index contributed by atoms with van der Waals surface area (Å²) in [5, 5.41) is 2.81. The first kappa shape index (κ1) is 14.6. The Morgan fingerprint density at radius 1 is 1.09 bits per heavy atom. The molecule has 3 rings (SSSR count). The number of nitrogens with one attached hydrogen (secondary N) is 1. The Balaban J connectivity index is 1.68. The molecular formula is C16H11ClN2O2S. The number of amides is 1. The van der Waals surface area contributed by atoms with E-state index in [1.807, 2.05) is 35.7 Å². The summed E-state index contributed by atoms with van der Waals surface area (Å²) in [6.45, 7) is 0. The molecule has 22 heavy (non-hydrogen) atoms. The highest BCUT2D eigenvalue weighted by atomic mass is 35.5. The van der Waals surface area contributed by atoms with Gasteiger partial charge < -0.3 is 4.84 Å². The van der Waals surface area contributed by atoms with Crippen LogP contribution >= 0.6 is 22.9 Å². The smallest absolute Gasteiger partial charge is 0.312 e. The number of benzene rings is 2. The van der Waals surface area contributed by atoms with Gasteiger partial charge in [0.15, 0.2) is 10.8 Å². The summed E-state index contributed by atoms with van der Waals surface area (Å²) in [5.41, 5.74) is 4.01. The van der Waals surface area contributed by atoms with E-state index in [4.69, 9.17) is 16.4 Å². The van der Waals surface area contributed by atoms with Crippen molar-refractivity contribution in [1.29, 1.82) is 0 Å². The molecule has 2 aromatic carbocycles. The summed E-state index contributed by atoms with van der Waals surface area (Å²) >= 11 is 7.11. The van der Waals surface area contributed by atoms with Crippen LogP contribution in [0.25, 0.3) is 11.3 Å². The highest BCUT2D eigenvalue weighted by molar-refractivity contribution is 7.12. The lowest BCUT2D eigenvalue weighted by molar-refractivity contribution is 0.0759. The third-order valence-electron chi connectivity index (χ3n) is 2.84. The van der Waals surface area contributed by atoms with Gasteiger partial charge in [0.05, 0.1) is 5.69 Å². The van der Waals surface area contributed by atoms with Crippen LogP contribution in [0.4, 0.5) is 0 Å². The summed E-state index contributed by atoms with van der Waals surface area (Å²) in [7, 11) is 0. The Morgan fingerprint density at radius 3 is 2.55 bits per heavy atom. The van der Waals surface area contributed by atoms with Gasteiger partial charge in [-0.25, -0.2) is 4.98 Å². The lowest BCUT2D eigenvalue weighted by atomic mass is 10.2. The third kappa shape index (κ3) is 3.44. The summed E-state index contributed by atoms with van der Waals surface area (Å²) in [6.07, 6.45) is 0. The standard InChI is InChI=1S/C16H11ClN2O2S/c17-12-8-6-11(7-9-12)14-10-22-16(18-14)15(20)19-21-13-4-2-1-3-5-13/h1-10H,(H,19,20). The van der Waals surface area contributed by atoms with Crippen LogP contribution in [0.1, 0.15) is 9.80 Å². The maximum absolute atomic E-state index is 12.0. The van der Waals surface area contributed by atoms with Crippen molar-refractivity contribution in [3.8, 4) is 17.0 Å². The predicted molar refractivity (Wildman–Crippen MR) is 87.1 cm³/mol. The Hall–Kier alpha value is -2.37. The van der Waals surface area contributed by atoms with Gasteiger partial charge in [-0.05, 0) is 24.3 Å². The molecule has 3 aromatic rings. The molecule has 1 amide bonds. The van der Waals surface area contributed by atoms with Gasteiger partial charge in [0.2, 0.25) is 0 Å². The number of hydrogen-bond donors (Lipinski definition) is 1. The molecule has 1 heterocycles. The molecule has 1 aromatic heterocycles. The molecule has 0 bridgehead atoms. The Kier molecular flexibility index (Phi) is 4.37. The van der Waals surface area contributed by atoms with E-state index in [9.17, 15) is 4.79 Å². The van der Waals surface area contributed by atoms with Crippen LogP contribution in [0.2, 0.25) is 5.02 Å². The molecular weight excluding hydrogens is 320 g/mol. The van der Waals surface area contributed by atoms with Crippen LogP contribution in [0.15, 0.2) is 60.0 Å². The van der Waals surface area contributed by atoms with Gasteiger partial charge in [0.25, 0.3) is 0 Å². The lowest BCUT2D eigenvalue weighted by Gasteiger charge is -2.04. The Labute approximate surface area is 136 Å². The van der Waals surface area contributed by atoms with Gasteiger partial charge in [-0.1, -0.05) is 41.9 Å². The molecule has 0 atom stereocenters. The fourth-order valence-corrected chi connectivity index (χ4v) is 2.61. The molecule has 0 aliphatic rings. The SMILES string of the molecule is O=C(NOc1ccccc1)c1nc(-c2ccc(Cl)cc2)cs1. The van der Waals surface area contributed by atoms with E-state index in [0.717, 1.165) is 11.3 Å². The van der Waals surface area contributed by atoms with E-state index in [1.54, 1.807) is 24.3 Å². The van der Waals surface area contributed by atoms with Crippen LogP contribution in [0.3, 0.4) is 0 Å². The lowest BCUT2D eigenvalue weighted by Crippen LogP contribution is -2.26. The zero-order valence-corrected chi connectivity index (χ0v) is 12.9. The minimum atomic E-state index is -0.380. The molecule has 1 N–H and O–H groups in total. The summed E-state index contributed by atoms with van der Waals surface area (Å²) in [4.78, 5) is 21.5. The highest BCUT2D eigenvalue weighted by Gasteiger charge is 2.12. The largest absolute Gasteiger partial charge is 0.379 e. The van der Waals surface area contributed by atoms with Crippen molar-refractivity contribution in [3.63, 3.8) is 0 Å². The second-order valence-electron chi connectivity index (χ2n) is 4.39. The van der Waals surface area contributed by atoms with Crippen molar-refractivity contribution in [3.05, 3.63) is 70.0 Å². The maximum atomic E-state index is 12.0. The normalized spacial score (nSPS) is 10.2. The number of nitrogens with zero attached hydrogens (tertiary/aromatic N) is 1. The molecule has 0 saturated carbocycles. The van der Waals surface area contributed by atoms with Gasteiger partial charge in [0.1, 0.15) is 0 Å². The van der Waals surface area contributed by atoms with Crippen molar-refractivity contribution < 1.29 is 9.63 Å². The van der Waals surface area contributed by atoms with Crippen molar-refractivity contribution in [2.75, 3.05) is 0 Å². The van der Waals surface area contributed by atoms with Crippen molar-refractivity contribution >= 4 is 28.8 Å².